The van der Waals surface area contributed by atoms with Gasteiger partial charge < -0.3 is 10.4 Å². The van der Waals surface area contributed by atoms with Gasteiger partial charge in [-0.3, -0.25) is 0 Å². The number of carboxylic acids is 1. The zero-order chi connectivity index (χ0) is 27.2. The van der Waals surface area contributed by atoms with Crippen LogP contribution in [0.15, 0.2) is 77.7 Å². The van der Waals surface area contributed by atoms with Crippen molar-refractivity contribution in [1.29, 1.82) is 0 Å². The summed E-state index contributed by atoms with van der Waals surface area (Å²) in [5, 5.41) is 12.6. The number of para-hydroxylation sites is 1. The van der Waals surface area contributed by atoms with E-state index in [4.69, 9.17) is 5.11 Å². The molecule has 0 aromatic heterocycles. The normalized spacial score (nSPS) is 11.4. The number of aryl methyl sites for hydroxylation is 3. The second kappa shape index (κ2) is 15.3. The van der Waals surface area contributed by atoms with Gasteiger partial charge in [-0.2, -0.15) is 0 Å². The predicted molar refractivity (Wildman–Crippen MR) is 156 cm³/mol. The van der Waals surface area contributed by atoms with Crippen LogP contribution in [0.3, 0.4) is 0 Å². The van der Waals surface area contributed by atoms with E-state index in [2.05, 4.69) is 24.4 Å². The molecule has 38 heavy (non-hydrogen) atoms. The molecule has 3 aromatic carbocycles. The van der Waals surface area contributed by atoms with Gasteiger partial charge >= 0.3 is 5.97 Å². The highest BCUT2D eigenvalue weighted by Gasteiger charge is 2.13. The molecule has 6 heteroatoms. The number of aromatic carboxylic acids is 1. The number of hydrogen-bond acceptors (Lipinski definition) is 4. The Kier molecular flexibility index (Phi) is 11.9. The first kappa shape index (κ1) is 29.4. The minimum atomic E-state index is -3.21. The molecule has 0 bridgehead atoms. The van der Waals surface area contributed by atoms with Crippen LogP contribution in [0.5, 0.6) is 0 Å². The standard InChI is InChI=1S/C32H41NO4S/c1-2-3-11-26-17-22-30(23-18-26)38(36,37)25-10-6-4-5-9-24-33-31-13-8-7-12-28(31)19-14-27-15-20-29(21-16-27)32(34)35/h7-8,12-13,15-18,20-23,33H,2-6,9-11,14,19,24-25H2,1H3,(H,34,35). The number of carboxylic acid groups (broad SMARTS) is 1. The van der Waals surface area contributed by atoms with Gasteiger partial charge in [0.1, 0.15) is 0 Å². The van der Waals surface area contributed by atoms with Crippen LogP contribution in [0.2, 0.25) is 0 Å². The Labute approximate surface area is 228 Å². The number of sulfone groups is 1. The van der Waals surface area contributed by atoms with Crippen molar-refractivity contribution in [3.63, 3.8) is 0 Å². The summed E-state index contributed by atoms with van der Waals surface area (Å²) in [7, 11) is -3.21. The lowest BCUT2D eigenvalue weighted by atomic mass is 10.0. The molecule has 0 fully saturated rings. The smallest absolute Gasteiger partial charge is 0.335 e. The fraction of sp³-hybridized carbons (Fsp3) is 0.406. The van der Waals surface area contributed by atoms with Gasteiger partial charge in [0.15, 0.2) is 9.84 Å². The lowest BCUT2D eigenvalue weighted by Crippen LogP contribution is -2.07. The van der Waals surface area contributed by atoms with Crippen molar-refractivity contribution in [2.75, 3.05) is 17.6 Å². The highest BCUT2D eigenvalue weighted by molar-refractivity contribution is 7.91. The van der Waals surface area contributed by atoms with Crippen LogP contribution >= 0.6 is 0 Å². The molecule has 0 radical (unpaired) electrons. The van der Waals surface area contributed by atoms with E-state index in [0.717, 1.165) is 75.6 Å². The zero-order valence-corrected chi connectivity index (χ0v) is 23.3. The van der Waals surface area contributed by atoms with Crippen molar-refractivity contribution in [3.05, 3.63) is 95.1 Å². The van der Waals surface area contributed by atoms with Crippen LogP contribution in [-0.2, 0) is 29.1 Å². The van der Waals surface area contributed by atoms with Crippen molar-refractivity contribution < 1.29 is 18.3 Å². The van der Waals surface area contributed by atoms with Crippen molar-refractivity contribution in [2.45, 2.75) is 76.0 Å². The summed E-state index contributed by atoms with van der Waals surface area (Å²) in [6, 6.07) is 22.8. The van der Waals surface area contributed by atoms with Gasteiger partial charge in [-0.15, -0.1) is 0 Å². The van der Waals surface area contributed by atoms with Crippen LogP contribution < -0.4 is 5.32 Å². The van der Waals surface area contributed by atoms with Crippen LogP contribution in [0.4, 0.5) is 5.69 Å². The topological polar surface area (TPSA) is 83.5 Å². The number of unbranched alkanes of at least 4 members (excludes halogenated alkanes) is 5. The van der Waals surface area contributed by atoms with Crippen molar-refractivity contribution >= 4 is 21.5 Å². The van der Waals surface area contributed by atoms with E-state index in [1.54, 1.807) is 24.3 Å². The third-order valence-electron chi connectivity index (χ3n) is 6.91. The number of carbonyl (C=O) groups is 1. The third kappa shape index (κ3) is 9.64. The summed E-state index contributed by atoms with van der Waals surface area (Å²) >= 11 is 0. The molecule has 0 atom stereocenters. The van der Waals surface area contributed by atoms with E-state index in [1.165, 1.54) is 11.1 Å². The molecule has 0 heterocycles. The van der Waals surface area contributed by atoms with Crippen LogP contribution in [0, 0.1) is 0 Å². The maximum Gasteiger partial charge on any atom is 0.335 e. The molecule has 3 rings (SSSR count). The van der Waals surface area contributed by atoms with Crippen LogP contribution in [-0.4, -0.2) is 31.8 Å². The second-order valence-corrected chi connectivity index (χ2v) is 12.0. The fourth-order valence-corrected chi connectivity index (χ4v) is 5.91. The summed E-state index contributed by atoms with van der Waals surface area (Å²) in [6.07, 6.45) is 9.75. The Balaban J connectivity index is 1.33. The Morgan fingerprint density at radius 1 is 0.737 bits per heavy atom. The third-order valence-corrected chi connectivity index (χ3v) is 8.72. The predicted octanol–water partition coefficient (Wildman–Crippen LogP) is 7.35. The molecular formula is C32H41NO4S. The second-order valence-electron chi connectivity index (χ2n) is 9.92. The van der Waals surface area contributed by atoms with E-state index in [1.807, 2.05) is 36.4 Å². The Morgan fingerprint density at radius 2 is 1.37 bits per heavy atom. The average molecular weight is 536 g/mol. The molecule has 5 nitrogen and oxygen atoms in total. The maximum absolute atomic E-state index is 12.6. The molecule has 3 aromatic rings. The maximum atomic E-state index is 12.6. The van der Waals surface area contributed by atoms with Gasteiger partial charge in [0.25, 0.3) is 0 Å². The first-order valence-electron chi connectivity index (χ1n) is 13.8. The van der Waals surface area contributed by atoms with Crippen molar-refractivity contribution in [2.24, 2.45) is 0 Å². The van der Waals surface area contributed by atoms with E-state index >= 15 is 0 Å². The van der Waals surface area contributed by atoms with Gasteiger partial charge in [0, 0.05) is 12.2 Å². The summed E-state index contributed by atoms with van der Waals surface area (Å²) in [5.41, 5.74) is 5.02. The number of hydrogen-bond donors (Lipinski definition) is 2. The molecule has 0 saturated carbocycles. The Bertz CT molecular complexity index is 1240. The van der Waals surface area contributed by atoms with Gasteiger partial charge in [-0.05, 0) is 85.5 Å². The van der Waals surface area contributed by atoms with Crippen LogP contribution in [0.25, 0.3) is 0 Å². The largest absolute Gasteiger partial charge is 0.478 e. The lowest BCUT2D eigenvalue weighted by Gasteiger charge is -2.12. The lowest BCUT2D eigenvalue weighted by molar-refractivity contribution is 0.0697. The molecular weight excluding hydrogens is 494 g/mol. The molecule has 2 N–H and O–H groups in total. The summed E-state index contributed by atoms with van der Waals surface area (Å²) in [5.74, 6) is -0.689. The quantitative estimate of drug-likeness (QED) is 0.177. The number of benzene rings is 3. The zero-order valence-electron chi connectivity index (χ0n) is 22.5. The molecule has 0 unspecified atom stereocenters. The average Bonchev–Trinajstić information content (AvgIpc) is 2.93. The van der Waals surface area contributed by atoms with Gasteiger partial charge in [0.05, 0.1) is 16.2 Å². The van der Waals surface area contributed by atoms with Gasteiger partial charge in [-0.25, -0.2) is 13.2 Å². The van der Waals surface area contributed by atoms with Crippen LogP contribution in [0.1, 0.15) is 78.9 Å². The highest BCUT2D eigenvalue weighted by atomic mass is 32.2. The monoisotopic (exact) mass is 535 g/mol. The molecule has 0 amide bonds. The van der Waals surface area contributed by atoms with Crippen molar-refractivity contribution in [3.8, 4) is 0 Å². The highest BCUT2D eigenvalue weighted by Crippen LogP contribution is 2.19. The molecule has 0 spiro atoms. The first-order chi connectivity index (χ1) is 18.4. The van der Waals surface area contributed by atoms with E-state index < -0.39 is 15.8 Å². The van der Waals surface area contributed by atoms with Gasteiger partial charge in [-0.1, -0.05) is 75.1 Å². The van der Waals surface area contributed by atoms with E-state index in [9.17, 15) is 13.2 Å². The fourth-order valence-electron chi connectivity index (χ4n) is 4.54. The molecule has 204 valence electrons. The Hall–Kier alpha value is -3.12. The van der Waals surface area contributed by atoms with Gasteiger partial charge in [0.2, 0.25) is 0 Å². The number of anilines is 1. The first-order valence-corrected chi connectivity index (χ1v) is 15.5. The summed E-state index contributed by atoms with van der Waals surface area (Å²) in [6.45, 7) is 3.04. The SMILES string of the molecule is CCCCc1ccc(S(=O)(=O)CCCCCCCNc2ccccc2CCc2ccc(C(=O)O)cc2)cc1. The number of rotatable bonds is 17. The molecule has 0 aliphatic heterocycles. The van der Waals surface area contributed by atoms with E-state index in [-0.39, 0.29) is 5.75 Å². The van der Waals surface area contributed by atoms with Crippen molar-refractivity contribution in [1.82, 2.24) is 0 Å². The minimum Gasteiger partial charge on any atom is -0.478 e. The molecule has 0 aliphatic carbocycles. The Morgan fingerprint density at radius 3 is 2.08 bits per heavy atom. The minimum absolute atomic E-state index is 0.214. The summed E-state index contributed by atoms with van der Waals surface area (Å²) < 4.78 is 25.3. The molecule has 0 aliphatic rings. The summed E-state index contributed by atoms with van der Waals surface area (Å²) in [4.78, 5) is 11.5. The van der Waals surface area contributed by atoms with E-state index in [0.29, 0.717) is 16.9 Å². The molecule has 0 saturated heterocycles. The number of nitrogens with one attached hydrogen (secondary N) is 1.